The summed E-state index contributed by atoms with van der Waals surface area (Å²) in [5.74, 6) is -0.402. The molecule has 1 rings (SSSR count). The molecule has 0 aliphatic carbocycles. The van der Waals surface area contributed by atoms with Crippen LogP contribution in [0.2, 0.25) is 0 Å². The third-order valence-corrected chi connectivity index (χ3v) is 2.41. The van der Waals surface area contributed by atoms with Crippen molar-refractivity contribution >= 4 is 21.8 Å². The number of carbonyl (C=O) groups is 1. The zero-order chi connectivity index (χ0) is 12.8. The Kier molecular flexibility index (Phi) is 4.66. The van der Waals surface area contributed by atoms with E-state index in [2.05, 4.69) is 26.2 Å². The van der Waals surface area contributed by atoms with E-state index in [1.807, 2.05) is 6.07 Å². The fourth-order valence-electron chi connectivity index (χ4n) is 1.07. The number of hydrogen-bond donors (Lipinski definition) is 2. The monoisotopic (exact) mass is 300 g/mol. The molecule has 0 saturated heterocycles. The highest BCUT2D eigenvalue weighted by molar-refractivity contribution is 9.10. The Morgan fingerprint density at radius 3 is 2.94 bits per heavy atom. The molecule has 0 unspecified atom stereocenters. The molecule has 0 aliphatic heterocycles. The van der Waals surface area contributed by atoms with Gasteiger partial charge in [-0.2, -0.15) is 5.26 Å². The molecule has 1 amide bonds. The van der Waals surface area contributed by atoms with E-state index in [0.29, 0.717) is 0 Å². The van der Waals surface area contributed by atoms with Crippen LogP contribution in [0.15, 0.2) is 20.3 Å². The zero-order valence-corrected chi connectivity index (χ0v) is 10.3. The molecule has 1 heterocycles. The molecule has 8 heteroatoms. The van der Waals surface area contributed by atoms with Crippen molar-refractivity contribution in [3.05, 3.63) is 31.5 Å². The molecule has 0 atom stereocenters. The molecule has 0 aliphatic rings. The summed E-state index contributed by atoms with van der Waals surface area (Å²) in [5, 5.41) is 10.7. The van der Waals surface area contributed by atoms with E-state index < -0.39 is 17.2 Å². The number of nitrogens with one attached hydrogen (secondary N) is 2. The Balaban J connectivity index is 2.73. The van der Waals surface area contributed by atoms with E-state index in [0.717, 1.165) is 4.57 Å². The standard InChI is InChI=1S/C9H9BrN4O3/c10-6-4-14(9(17)13-8(6)16)5-7(15)12-3-1-2-11/h4H,1,3,5H2,(H,12,15)(H,13,16,17). The van der Waals surface area contributed by atoms with Crippen molar-refractivity contribution in [2.45, 2.75) is 13.0 Å². The van der Waals surface area contributed by atoms with Crippen LogP contribution >= 0.6 is 15.9 Å². The predicted octanol–water partition coefficient (Wildman–Crippen LogP) is -0.671. The van der Waals surface area contributed by atoms with E-state index in [1.54, 1.807) is 0 Å². The number of hydrogen-bond acceptors (Lipinski definition) is 4. The van der Waals surface area contributed by atoms with Gasteiger partial charge in [-0.05, 0) is 15.9 Å². The van der Waals surface area contributed by atoms with E-state index in [4.69, 9.17) is 5.26 Å². The first kappa shape index (κ1) is 13.2. The highest BCUT2D eigenvalue weighted by atomic mass is 79.9. The minimum atomic E-state index is -0.659. The normalized spacial score (nSPS) is 9.65. The third-order valence-electron chi connectivity index (χ3n) is 1.84. The Morgan fingerprint density at radius 1 is 1.59 bits per heavy atom. The average Bonchev–Trinajstić information content (AvgIpc) is 2.26. The minimum absolute atomic E-state index is 0.168. The Morgan fingerprint density at radius 2 is 2.29 bits per heavy atom. The molecular weight excluding hydrogens is 292 g/mol. The highest BCUT2D eigenvalue weighted by Crippen LogP contribution is 1.97. The molecule has 1 aromatic rings. The van der Waals surface area contributed by atoms with Crippen LogP contribution in [0.4, 0.5) is 0 Å². The predicted molar refractivity (Wildman–Crippen MR) is 62.3 cm³/mol. The van der Waals surface area contributed by atoms with Gasteiger partial charge in [0.05, 0.1) is 17.0 Å². The SMILES string of the molecule is N#CCCNC(=O)Cn1cc(Br)c(=O)[nH]c1=O. The Labute approximate surface area is 104 Å². The topological polar surface area (TPSA) is 108 Å². The number of aromatic nitrogens is 2. The number of nitrogens with zero attached hydrogens (tertiary/aromatic N) is 2. The number of nitriles is 1. The third kappa shape index (κ3) is 3.88. The van der Waals surface area contributed by atoms with Gasteiger partial charge in [0.15, 0.2) is 0 Å². The summed E-state index contributed by atoms with van der Waals surface area (Å²) in [4.78, 5) is 35.7. The van der Waals surface area contributed by atoms with Crippen LogP contribution in [0.3, 0.4) is 0 Å². The summed E-state index contributed by atoms with van der Waals surface area (Å²) in [6, 6.07) is 1.88. The molecule has 90 valence electrons. The quantitative estimate of drug-likeness (QED) is 0.719. The van der Waals surface area contributed by atoms with Gasteiger partial charge in [-0.15, -0.1) is 0 Å². The summed E-state index contributed by atoms with van der Waals surface area (Å²) in [5.41, 5.74) is -1.20. The summed E-state index contributed by atoms with van der Waals surface area (Å²) < 4.78 is 1.23. The number of H-pyrrole nitrogens is 1. The van der Waals surface area contributed by atoms with Crippen LogP contribution in [-0.2, 0) is 11.3 Å². The van der Waals surface area contributed by atoms with Gasteiger partial charge in [-0.3, -0.25) is 19.1 Å². The van der Waals surface area contributed by atoms with Crippen LogP contribution in [0, 0.1) is 11.3 Å². The second kappa shape index (κ2) is 6.00. The molecule has 17 heavy (non-hydrogen) atoms. The molecule has 2 N–H and O–H groups in total. The lowest BCUT2D eigenvalue weighted by Crippen LogP contribution is -2.36. The van der Waals surface area contributed by atoms with Crippen molar-refractivity contribution in [3.63, 3.8) is 0 Å². The molecule has 0 aromatic carbocycles. The maximum atomic E-state index is 11.3. The van der Waals surface area contributed by atoms with E-state index >= 15 is 0 Å². The molecule has 0 fully saturated rings. The van der Waals surface area contributed by atoms with Crippen molar-refractivity contribution in [2.24, 2.45) is 0 Å². The molecule has 0 radical (unpaired) electrons. The minimum Gasteiger partial charge on any atom is -0.354 e. The lowest BCUT2D eigenvalue weighted by atomic mass is 10.4. The van der Waals surface area contributed by atoms with Crippen molar-refractivity contribution in [1.29, 1.82) is 5.26 Å². The van der Waals surface area contributed by atoms with E-state index in [1.165, 1.54) is 6.20 Å². The Hall–Kier alpha value is -1.88. The number of rotatable bonds is 4. The van der Waals surface area contributed by atoms with Crippen molar-refractivity contribution in [2.75, 3.05) is 6.54 Å². The van der Waals surface area contributed by atoms with Crippen LogP contribution in [0.5, 0.6) is 0 Å². The van der Waals surface area contributed by atoms with E-state index in [9.17, 15) is 14.4 Å². The first-order valence-corrected chi connectivity index (χ1v) is 5.47. The van der Waals surface area contributed by atoms with Crippen LogP contribution in [-0.4, -0.2) is 22.0 Å². The first-order chi connectivity index (χ1) is 8.04. The summed E-state index contributed by atoms with van der Waals surface area (Å²) in [6.45, 7) is 0.0221. The van der Waals surface area contributed by atoms with Gasteiger partial charge in [-0.25, -0.2) is 4.79 Å². The summed E-state index contributed by atoms with van der Waals surface area (Å²) >= 11 is 2.96. The fourth-order valence-corrected chi connectivity index (χ4v) is 1.41. The largest absolute Gasteiger partial charge is 0.354 e. The van der Waals surface area contributed by atoms with Gasteiger partial charge in [0.25, 0.3) is 5.56 Å². The lowest BCUT2D eigenvalue weighted by molar-refractivity contribution is -0.121. The molecule has 0 saturated carbocycles. The number of halogens is 1. The van der Waals surface area contributed by atoms with Crippen molar-refractivity contribution in [1.82, 2.24) is 14.9 Å². The van der Waals surface area contributed by atoms with Crippen molar-refractivity contribution < 1.29 is 4.79 Å². The fraction of sp³-hybridized carbons (Fsp3) is 0.333. The molecular formula is C9H9BrN4O3. The van der Waals surface area contributed by atoms with Gasteiger partial charge in [0, 0.05) is 12.7 Å². The van der Waals surface area contributed by atoms with Gasteiger partial charge >= 0.3 is 5.69 Å². The van der Waals surface area contributed by atoms with Crippen LogP contribution < -0.4 is 16.6 Å². The van der Waals surface area contributed by atoms with Gasteiger partial charge in [0.1, 0.15) is 6.54 Å². The van der Waals surface area contributed by atoms with Gasteiger partial charge in [0.2, 0.25) is 5.91 Å². The van der Waals surface area contributed by atoms with Crippen molar-refractivity contribution in [3.8, 4) is 6.07 Å². The van der Waals surface area contributed by atoms with E-state index in [-0.39, 0.29) is 24.0 Å². The van der Waals surface area contributed by atoms with Gasteiger partial charge < -0.3 is 5.32 Å². The number of aromatic amines is 1. The second-order valence-corrected chi connectivity index (χ2v) is 3.98. The Bertz CT molecular complexity index is 569. The van der Waals surface area contributed by atoms with Gasteiger partial charge in [-0.1, -0.05) is 0 Å². The number of carbonyl (C=O) groups excluding carboxylic acids is 1. The van der Waals surface area contributed by atoms with Crippen LogP contribution in [0.1, 0.15) is 6.42 Å². The van der Waals surface area contributed by atoms with Crippen LogP contribution in [0.25, 0.3) is 0 Å². The molecule has 7 nitrogen and oxygen atoms in total. The summed E-state index contributed by atoms with van der Waals surface area (Å²) in [6.07, 6.45) is 1.45. The molecule has 0 bridgehead atoms. The first-order valence-electron chi connectivity index (χ1n) is 4.67. The maximum Gasteiger partial charge on any atom is 0.328 e. The maximum absolute atomic E-state index is 11.3. The zero-order valence-electron chi connectivity index (χ0n) is 8.70. The average molecular weight is 301 g/mol. The highest BCUT2D eigenvalue weighted by Gasteiger charge is 2.06. The second-order valence-electron chi connectivity index (χ2n) is 3.12. The number of amides is 1. The molecule has 0 spiro atoms. The molecule has 1 aromatic heterocycles. The lowest BCUT2D eigenvalue weighted by Gasteiger charge is -2.05. The smallest absolute Gasteiger partial charge is 0.328 e. The summed E-state index contributed by atoms with van der Waals surface area (Å²) in [7, 11) is 0.